The van der Waals surface area contributed by atoms with Gasteiger partial charge in [0, 0.05) is 25.6 Å². The average Bonchev–Trinajstić information content (AvgIpc) is 2.71. The molecule has 20 heavy (non-hydrogen) atoms. The lowest BCUT2D eigenvalue weighted by atomic mass is 10.2. The summed E-state index contributed by atoms with van der Waals surface area (Å²) in [6.45, 7) is 4.72. The van der Waals surface area contributed by atoms with Crippen LogP contribution in [0.1, 0.15) is 41.2 Å². The van der Waals surface area contributed by atoms with Crippen molar-refractivity contribution in [3.8, 4) is 0 Å². The summed E-state index contributed by atoms with van der Waals surface area (Å²) in [6, 6.07) is 4.17. The van der Waals surface area contributed by atoms with Crippen LogP contribution in [0.15, 0.2) is 6.07 Å². The van der Waals surface area contributed by atoms with Gasteiger partial charge in [-0.1, -0.05) is 13.8 Å². The molecule has 7 nitrogen and oxygen atoms in total. The maximum atomic E-state index is 12.0. The fourth-order valence-electron chi connectivity index (χ4n) is 1.76. The van der Waals surface area contributed by atoms with E-state index in [0.29, 0.717) is 12.2 Å². The van der Waals surface area contributed by atoms with E-state index in [9.17, 15) is 9.59 Å². The van der Waals surface area contributed by atoms with Gasteiger partial charge in [-0.2, -0.15) is 0 Å². The second kappa shape index (κ2) is 6.74. The van der Waals surface area contributed by atoms with Gasteiger partial charge in [0.1, 0.15) is 11.4 Å². The number of amides is 2. The van der Waals surface area contributed by atoms with Crippen LogP contribution in [-0.2, 0) is 6.54 Å². The van der Waals surface area contributed by atoms with Crippen LogP contribution >= 0.6 is 0 Å². The van der Waals surface area contributed by atoms with E-state index in [0.717, 1.165) is 0 Å². The monoisotopic (exact) mass is 278 g/mol. The SMILES string of the molecule is CC(C)Cn1c(C(N)=O)[c]cc1C(=O)NCCC(=N)N. The fraction of sp³-hybridized carbons (Fsp3) is 0.462. The van der Waals surface area contributed by atoms with E-state index in [1.54, 1.807) is 4.57 Å². The van der Waals surface area contributed by atoms with Gasteiger partial charge in [0.2, 0.25) is 0 Å². The Bertz CT molecular complexity index is 519. The van der Waals surface area contributed by atoms with Gasteiger partial charge < -0.3 is 21.4 Å². The van der Waals surface area contributed by atoms with Gasteiger partial charge in [0.25, 0.3) is 11.8 Å². The molecule has 1 radical (unpaired) electrons. The predicted molar refractivity (Wildman–Crippen MR) is 75.5 cm³/mol. The summed E-state index contributed by atoms with van der Waals surface area (Å²) in [4.78, 5) is 23.4. The molecule has 2 amide bonds. The van der Waals surface area contributed by atoms with Crippen LogP contribution in [0.4, 0.5) is 0 Å². The summed E-state index contributed by atoms with van der Waals surface area (Å²) in [7, 11) is 0. The predicted octanol–water partition coefficient (Wildman–Crippen LogP) is 0.0991. The summed E-state index contributed by atoms with van der Waals surface area (Å²) < 4.78 is 1.57. The highest BCUT2D eigenvalue weighted by atomic mass is 16.2. The molecule has 0 unspecified atom stereocenters. The van der Waals surface area contributed by atoms with Crippen LogP contribution in [0, 0.1) is 17.4 Å². The normalized spacial score (nSPS) is 10.6. The molecule has 1 aromatic rings. The third-order valence-electron chi connectivity index (χ3n) is 2.60. The van der Waals surface area contributed by atoms with Gasteiger partial charge in [0.05, 0.1) is 5.84 Å². The van der Waals surface area contributed by atoms with E-state index in [-0.39, 0.29) is 36.3 Å². The summed E-state index contributed by atoms with van der Waals surface area (Å²) >= 11 is 0. The molecular weight excluding hydrogens is 258 g/mol. The average molecular weight is 278 g/mol. The Kier molecular flexibility index (Phi) is 5.31. The molecule has 0 aliphatic heterocycles. The van der Waals surface area contributed by atoms with Gasteiger partial charge in [0.15, 0.2) is 0 Å². The zero-order valence-electron chi connectivity index (χ0n) is 11.7. The molecule has 0 saturated heterocycles. The Morgan fingerprint density at radius 3 is 2.60 bits per heavy atom. The number of primary amides is 1. The van der Waals surface area contributed by atoms with Crippen molar-refractivity contribution in [1.82, 2.24) is 9.88 Å². The van der Waals surface area contributed by atoms with Crippen molar-refractivity contribution in [3.63, 3.8) is 0 Å². The van der Waals surface area contributed by atoms with E-state index in [1.165, 1.54) is 6.07 Å². The molecule has 0 atom stereocenters. The van der Waals surface area contributed by atoms with Gasteiger partial charge >= 0.3 is 0 Å². The Morgan fingerprint density at radius 1 is 1.45 bits per heavy atom. The maximum absolute atomic E-state index is 12.0. The standard InChI is InChI=1S/C13H20N5O2/c1-8(2)7-18-9(12(16)19)3-4-10(18)13(20)17-6-5-11(14)15/h4,8H,5-7H2,1-2H3,(H3,14,15)(H2,16,19)(H,17,20). The van der Waals surface area contributed by atoms with Crippen molar-refractivity contribution in [2.45, 2.75) is 26.8 Å². The van der Waals surface area contributed by atoms with Crippen molar-refractivity contribution in [3.05, 3.63) is 23.5 Å². The van der Waals surface area contributed by atoms with Crippen LogP contribution in [0.2, 0.25) is 0 Å². The van der Waals surface area contributed by atoms with E-state index >= 15 is 0 Å². The zero-order chi connectivity index (χ0) is 15.3. The second-order valence-corrected chi connectivity index (χ2v) is 4.92. The molecule has 7 heteroatoms. The van der Waals surface area contributed by atoms with Crippen LogP contribution in [0.3, 0.4) is 0 Å². The maximum Gasteiger partial charge on any atom is 0.267 e. The first kappa shape index (κ1) is 15.7. The fourth-order valence-corrected chi connectivity index (χ4v) is 1.76. The topological polar surface area (TPSA) is 127 Å². The lowest BCUT2D eigenvalue weighted by Gasteiger charge is -2.14. The number of nitrogens with one attached hydrogen (secondary N) is 2. The molecule has 0 saturated carbocycles. The number of hydrogen-bond donors (Lipinski definition) is 4. The quantitative estimate of drug-likeness (QED) is 0.417. The van der Waals surface area contributed by atoms with Crippen LogP contribution in [0.5, 0.6) is 0 Å². The van der Waals surface area contributed by atoms with E-state index in [2.05, 4.69) is 11.4 Å². The molecule has 1 rings (SSSR count). The number of aromatic nitrogens is 1. The number of amidine groups is 1. The molecule has 0 fully saturated rings. The van der Waals surface area contributed by atoms with E-state index < -0.39 is 5.91 Å². The van der Waals surface area contributed by atoms with Crippen LogP contribution < -0.4 is 16.8 Å². The summed E-state index contributed by atoms with van der Waals surface area (Å²) in [5.41, 5.74) is 11.0. The van der Waals surface area contributed by atoms with E-state index in [1.807, 2.05) is 13.8 Å². The molecule has 0 spiro atoms. The van der Waals surface area contributed by atoms with Gasteiger partial charge in [-0.05, 0) is 12.0 Å². The molecule has 0 aromatic carbocycles. The lowest BCUT2D eigenvalue weighted by molar-refractivity contribution is 0.0944. The minimum atomic E-state index is -0.617. The number of rotatable bonds is 7. The van der Waals surface area contributed by atoms with Gasteiger partial charge in [-0.3, -0.25) is 15.0 Å². The molecule has 109 valence electrons. The number of hydrogen-bond acceptors (Lipinski definition) is 3. The molecule has 1 aromatic heterocycles. The Balaban J connectivity index is 2.90. The molecule has 0 aliphatic rings. The first-order chi connectivity index (χ1) is 9.32. The molecule has 0 bridgehead atoms. The molecule has 0 aliphatic carbocycles. The summed E-state index contributed by atoms with van der Waals surface area (Å²) in [5.74, 6) is -0.700. The number of nitrogens with two attached hydrogens (primary N) is 2. The second-order valence-electron chi connectivity index (χ2n) is 4.92. The highest BCUT2D eigenvalue weighted by Crippen LogP contribution is 2.11. The molecular formula is C13H20N5O2. The van der Waals surface area contributed by atoms with Crippen LogP contribution in [0.25, 0.3) is 0 Å². The van der Waals surface area contributed by atoms with Gasteiger partial charge in [-0.15, -0.1) is 0 Å². The minimum Gasteiger partial charge on any atom is -0.388 e. The van der Waals surface area contributed by atoms with Crippen LogP contribution in [-0.4, -0.2) is 28.8 Å². The third kappa shape index (κ3) is 4.11. The highest BCUT2D eigenvalue weighted by Gasteiger charge is 2.18. The Morgan fingerprint density at radius 2 is 2.10 bits per heavy atom. The minimum absolute atomic E-state index is 0.00671. The highest BCUT2D eigenvalue weighted by molar-refractivity contribution is 5.97. The summed E-state index contributed by atoms with van der Waals surface area (Å²) in [5, 5.41) is 9.74. The van der Waals surface area contributed by atoms with Crippen molar-refractivity contribution in [1.29, 1.82) is 5.41 Å². The Hall–Kier alpha value is -2.31. The van der Waals surface area contributed by atoms with Crippen molar-refractivity contribution in [2.75, 3.05) is 6.54 Å². The summed E-state index contributed by atoms with van der Waals surface area (Å²) in [6.07, 6.45) is 0.281. The van der Waals surface area contributed by atoms with Gasteiger partial charge in [-0.25, -0.2) is 0 Å². The Labute approximate surface area is 117 Å². The molecule has 1 heterocycles. The number of nitrogens with zero attached hydrogens (tertiary/aromatic N) is 1. The van der Waals surface area contributed by atoms with E-state index in [4.69, 9.17) is 16.9 Å². The van der Waals surface area contributed by atoms with Crippen molar-refractivity contribution >= 4 is 17.6 Å². The van der Waals surface area contributed by atoms with Crippen molar-refractivity contribution < 1.29 is 9.59 Å². The smallest absolute Gasteiger partial charge is 0.267 e. The zero-order valence-corrected chi connectivity index (χ0v) is 11.7. The van der Waals surface area contributed by atoms with Crippen molar-refractivity contribution in [2.24, 2.45) is 17.4 Å². The molecule has 6 N–H and O–H groups in total. The first-order valence-corrected chi connectivity index (χ1v) is 6.35. The number of carbonyl (C=O) groups is 2. The largest absolute Gasteiger partial charge is 0.388 e. The third-order valence-corrected chi connectivity index (χ3v) is 2.60. The first-order valence-electron chi connectivity index (χ1n) is 6.35. The lowest BCUT2D eigenvalue weighted by Crippen LogP contribution is -2.30. The number of carbonyl (C=O) groups excluding carboxylic acids is 2.